The van der Waals surface area contributed by atoms with Crippen molar-refractivity contribution in [2.45, 2.75) is 17.4 Å². The monoisotopic (exact) mass is 438 g/mol. The average Bonchev–Trinajstić information content (AvgIpc) is 3.44. The predicted octanol–water partition coefficient (Wildman–Crippen LogP) is 4.37. The maximum atomic E-state index is 13.4. The van der Waals surface area contributed by atoms with Gasteiger partial charge in [-0.3, -0.25) is 4.98 Å². The minimum atomic E-state index is -4.01. The number of nitrogens with zero attached hydrogens (tertiary/aromatic N) is 4. The number of aromatic nitrogens is 2. The Kier molecular flexibility index (Phi) is 4.56. The number of rotatable bonds is 4. The zero-order chi connectivity index (χ0) is 20.7. The molecule has 0 radical (unpaired) electrons. The molecule has 3 heterocycles. The zero-order valence-corrected chi connectivity index (χ0v) is 17.1. The van der Waals surface area contributed by atoms with E-state index in [-0.39, 0.29) is 4.90 Å². The summed E-state index contributed by atoms with van der Waals surface area (Å²) >= 11 is 1.49. The van der Waals surface area contributed by atoms with Gasteiger partial charge in [0, 0.05) is 6.42 Å². The van der Waals surface area contributed by atoms with Gasteiger partial charge >= 0.3 is 0 Å². The van der Waals surface area contributed by atoms with Gasteiger partial charge in [-0.15, -0.1) is 11.3 Å². The molecular formula is C21H15FN4O2S2. The molecule has 30 heavy (non-hydrogen) atoms. The summed E-state index contributed by atoms with van der Waals surface area (Å²) in [5, 5.41) is 6.37. The molecule has 1 aliphatic rings. The van der Waals surface area contributed by atoms with Gasteiger partial charge in [-0.25, -0.2) is 9.37 Å². The van der Waals surface area contributed by atoms with Crippen molar-refractivity contribution in [2.24, 2.45) is 5.10 Å². The van der Waals surface area contributed by atoms with E-state index in [9.17, 15) is 12.8 Å². The molecule has 5 rings (SSSR count). The van der Waals surface area contributed by atoms with Gasteiger partial charge < -0.3 is 0 Å². The fourth-order valence-corrected chi connectivity index (χ4v) is 5.51. The molecule has 2 aromatic carbocycles. The minimum absolute atomic E-state index is 0.0289. The van der Waals surface area contributed by atoms with Crippen molar-refractivity contribution in [3.05, 3.63) is 88.6 Å². The molecule has 9 heteroatoms. The van der Waals surface area contributed by atoms with E-state index in [1.807, 2.05) is 41.8 Å². The third-order valence-corrected chi connectivity index (χ3v) is 7.46. The molecule has 4 aromatic rings. The van der Waals surface area contributed by atoms with Gasteiger partial charge in [0.25, 0.3) is 10.0 Å². The Morgan fingerprint density at radius 1 is 1.00 bits per heavy atom. The standard InChI is InChI=1S/C21H15FN4O2S2/c22-14-7-9-15(10-8-14)30(27,28)26-20(12-18(25-26)21-6-3-11-29-21)19-13-23-16-4-1-2-5-17(16)24-19/h1-11,13,20H,12H2. The first-order valence-electron chi connectivity index (χ1n) is 9.15. The van der Waals surface area contributed by atoms with Gasteiger partial charge in [-0.1, -0.05) is 18.2 Å². The Morgan fingerprint density at radius 2 is 1.77 bits per heavy atom. The van der Waals surface area contributed by atoms with Crippen LogP contribution in [0.2, 0.25) is 0 Å². The highest BCUT2D eigenvalue weighted by molar-refractivity contribution is 7.89. The first-order valence-corrected chi connectivity index (χ1v) is 11.5. The number of halogens is 1. The second kappa shape index (κ2) is 7.26. The van der Waals surface area contributed by atoms with E-state index in [0.29, 0.717) is 23.3 Å². The zero-order valence-electron chi connectivity index (χ0n) is 15.5. The fraction of sp³-hybridized carbons (Fsp3) is 0.0952. The van der Waals surface area contributed by atoms with Crippen LogP contribution in [0.5, 0.6) is 0 Å². The molecule has 2 aromatic heterocycles. The highest BCUT2D eigenvalue weighted by Gasteiger charge is 2.39. The van der Waals surface area contributed by atoms with Crippen molar-refractivity contribution in [1.82, 2.24) is 14.4 Å². The molecule has 0 fully saturated rings. The van der Waals surface area contributed by atoms with Crippen LogP contribution in [-0.2, 0) is 10.0 Å². The summed E-state index contributed by atoms with van der Waals surface area (Å²) in [5.74, 6) is -0.505. The van der Waals surface area contributed by atoms with Crippen molar-refractivity contribution in [1.29, 1.82) is 0 Å². The van der Waals surface area contributed by atoms with E-state index in [1.165, 1.54) is 23.5 Å². The van der Waals surface area contributed by atoms with Crippen LogP contribution in [0.25, 0.3) is 11.0 Å². The van der Waals surface area contributed by atoms with E-state index in [1.54, 1.807) is 6.20 Å². The third-order valence-electron chi connectivity index (χ3n) is 4.84. The summed E-state index contributed by atoms with van der Waals surface area (Å²) in [7, 11) is -4.01. The molecule has 0 N–H and O–H groups in total. The Morgan fingerprint density at radius 3 is 2.50 bits per heavy atom. The molecular weight excluding hydrogens is 423 g/mol. The largest absolute Gasteiger partial charge is 0.279 e. The van der Waals surface area contributed by atoms with Gasteiger partial charge in [-0.05, 0) is 47.8 Å². The highest BCUT2D eigenvalue weighted by atomic mass is 32.2. The minimum Gasteiger partial charge on any atom is -0.253 e. The topological polar surface area (TPSA) is 75.5 Å². The lowest BCUT2D eigenvalue weighted by Crippen LogP contribution is -2.28. The first kappa shape index (κ1) is 18.8. The number of sulfonamides is 1. The van der Waals surface area contributed by atoms with Crippen molar-refractivity contribution >= 4 is 38.1 Å². The van der Waals surface area contributed by atoms with E-state index < -0.39 is 21.9 Å². The molecule has 0 bridgehead atoms. The summed E-state index contributed by atoms with van der Waals surface area (Å²) in [6.07, 6.45) is 1.96. The van der Waals surface area contributed by atoms with Gasteiger partial charge in [0.05, 0.1) is 38.4 Å². The summed E-state index contributed by atoms with van der Waals surface area (Å²) in [5.41, 5.74) is 2.58. The summed E-state index contributed by atoms with van der Waals surface area (Å²) < 4.78 is 41.1. The van der Waals surface area contributed by atoms with Gasteiger partial charge in [0.2, 0.25) is 0 Å². The molecule has 0 aliphatic carbocycles. The Balaban J connectivity index is 1.62. The molecule has 1 unspecified atom stereocenters. The van der Waals surface area contributed by atoms with Crippen LogP contribution in [0, 0.1) is 5.82 Å². The molecule has 0 saturated heterocycles. The predicted molar refractivity (Wildman–Crippen MR) is 113 cm³/mol. The maximum Gasteiger partial charge on any atom is 0.279 e. The number of fused-ring (bicyclic) bond motifs is 1. The van der Waals surface area contributed by atoms with Gasteiger partial charge in [-0.2, -0.15) is 17.9 Å². The molecule has 1 atom stereocenters. The van der Waals surface area contributed by atoms with Crippen LogP contribution < -0.4 is 0 Å². The molecule has 1 aliphatic heterocycles. The molecule has 150 valence electrons. The summed E-state index contributed by atoms with van der Waals surface area (Å²) in [6, 6.07) is 15.3. The van der Waals surface area contributed by atoms with Crippen LogP contribution in [0.3, 0.4) is 0 Å². The van der Waals surface area contributed by atoms with Crippen LogP contribution in [0.15, 0.2) is 82.2 Å². The van der Waals surface area contributed by atoms with Crippen LogP contribution in [0.1, 0.15) is 23.0 Å². The smallest absolute Gasteiger partial charge is 0.253 e. The SMILES string of the molecule is O=S(=O)(c1ccc(F)cc1)N1N=C(c2cccs2)CC1c1cnc2ccccc2n1. The van der Waals surface area contributed by atoms with Crippen LogP contribution in [0.4, 0.5) is 4.39 Å². The number of hydrogen-bond acceptors (Lipinski definition) is 6. The average molecular weight is 439 g/mol. The summed E-state index contributed by atoms with van der Waals surface area (Å²) in [4.78, 5) is 9.94. The van der Waals surface area contributed by atoms with Crippen molar-refractivity contribution < 1.29 is 12.8 Å². The van der Waals surface area contributed by atoms with E-state index >= 15 is 0 Å². The lowest BCUT2D eigenvalue weighted by molar-refractivity contribution is 0.365. The number of benzene rings is 2. The Hall–Kier alpha value is -3.17. The third kappa shape index (κ3) is 3.25. The lowest BCUT2D eigenvalue weighted by Gasteiger charge is -2.22. The number of hydrazone groups is 1. The van der Waals surface area contributed by atoms with Gasteiger partial charge in [0.1, 0.15) is 11.9 Å². The van der Waals surface area contributed by atoms with E-state index in [4.69, 9.17) is 0 Å². The van der Waals surface area contributed by atoms with Crippen LogP contribution in [-0.4, -0.2) is 28.5 Å². The van der Waals surface area contributed by atoms with E-state index in [0.717, 1.165) is 26.9 Å². The lowest BCUT2D eigenvalue weighted by atomic mass is 10.1. The van der Waals surface area contributed by atoms with Crippen molar-refractivity contribution in [2.75, 3.05) is 0 Å². The molecule has 0 saturated carbocycles. The fourth-order valence-electron chi connectivity index (χ4n) is 3.37. The first-order chi connectivity index (χ1) is 14.5. The van der Waals surface area contributed by atoms with Crippen LogP contribution >= 0.6 is 11.3 Å². The Bertz CT molecular complexity index is 1350. The second-order valence-electron chi connectivity index (χ2n) is 6.76. The van der Waals surface area contributed by atoms with E-state index in [2.05, 4.69) is 15.1 Å². The molecule has 6 nitrogen and oxygen atoms in total. The number of thiophene rings is 1. The second-order valence-corrected chi connectivity index (χ2v) is 9.50. The number of para-hydroxylation sites is 2. The maximum absolute atomic E-state index is 13.4. The normalized spacial score (nSPS) is 16.8. The Labute approximate surface area is 176 Å². The summed E-state index contributed by atoms with van der Waals surface area (Å²) in [6.45, 7) is 0. The van der Waals surface area contributed by atoms with Crippen molar-refractivity contribution in [3.63, 3.8) is 0 Å². The number of hydrogen-bond donors (Lipinski definition) is 0. The van der Waals surface area contributed by atoms with Gasteiger partial charge in [0.15, 0.2) is 0 Å². The quantitative estimate of drug-likeness (QED) is 0.474. The van der Waals surface area contributed by atoms with Crippen molar-refractivity contribution in [3.8, 4) is 0 Å². The highest BCUT2D eigenvalue weighted by Crippen LogP contribution is 2.37. The molecule has 0 spiro atoms. The molecule has 0 amide bonds.